The van der Waals surface area contributed by atoms with Gasteiger partial charge in [0.1, 0.15) is 11.8 Å². The molecular formula is C22H21Cl2NO5. The number of hydrogen-bond donors (Lipinski definition) is 0. The molecule has 1 aliphatic rings. The highest BCUT2D eigenvalue weighted by Gasteiger charge is 2.54. The first kappa shape index (κ1) is 22.3. The molecule has 0 amide bonds. The smallest absolute Gasteiger partial charge is 0.318 e. The summed E-state index contributed by atoms with van der Waals surface area (Å²) in [4.78, 5) is 40.6. The molecule has 2 aromatic carbocycles. The minimum atomic E-state index is -1.20. The number of piperidine rings is 1. The summed E-state index contributed by atoms with van der Waals surface area (Å²) in [6.07, 6.45) is 0. The molecule has 1 heterocycles. The van der Waals surface area contributed by atoms with Crippen molar-refractivity contribution in [2.45, 2.75) is 12.1 Å². The van der Waals surface area contributed by atoms with Crippen LogP contribution in [0.3, 0.4) is 0 Å². The van der Waals surface area contributed by atoms with Crippen LogP contribution in [0, 0.1) is 11.8 Å². The van der Waals surface area contributed by atoms with Crippen molar-refractivity contribution >= 4 is 40.9 Å². The fourth-order valence-electron chi connectivity index (χ4n) is 4.07. The zero-order chi connectivity index (χ0) is 22.0. The molecule has 0 spiro atoms. The van der Waals surface area contributed by atoms with E-state index in [0.717, 1.165) is 0 Å². The molecule has 1 fully saturated rings. The van der Waals surface area contributed by atoms with Crippen molar-refractivity contribution in [1.82, 2.24) is 4.90 Å². The fraction of sp³-hybridized carbons (Fsp3) is 0.318. The predicted octanol–water partition coefficient (Wildman–Crippen LogP) is 3.87. The lowest BCUT2D eigenvalue weighted by Gasteiger charge is -2.46. The number of nitrogens with zero attached hydrogens (tertiary/aromatic N) is 1. The van der Waals surface area contributed by atoms with E-state index >= 15 is 0 Å². The maximum Gasteiger partial charge on any atom is 0.318 e. The molecule has 3 rings (SSSR count). The maximum absolute atomic E-state index is 13.5. The van der Waals surface area contributed by atoms with Gasteiger partial charge in [-0.15, -0.1) is 0 Å². The fourth-order valence-corrected chi connectivity index (χ4v) is 4.32. The Bertz CT molecular complexity index is 870. The zero-order valence-corrected chi connectivity index (χ0v) is 18.2. The number of carbonyl (C=O) groups excluding carboxylic acids is 3. The third-order valence-electron chi connectivity index (χ3n) is 5.46. The van der Waals surface area contributed by atoms with Crippen LogP contribution in [0.15, 0.2) is 48.5 Å². The molecule has 8 heteroatoms. The summed E-state index contributed by atoms with van der Waals surface area (Å²) in [5.41, 5.74) is 1.40. The highest BCUT2D eigenvalue weighted by Crippen LogP contribution is 2.46. The van der Waals surface area contributed by atoms with Gasteiger partial charge in [-0.1, -0.05) is 47.5 Å². The SMILES string of the molecule is COC(=O)C1C(=O)C(C(=O)OC)C(c2ccc(Cl)cc2)N(C)C1c1ccc(Cl)cc1. The Labute approximate surface area is 184 Å². The summed E-state index contributed by atoms with van der Waals surface area (Å²) in [5.74, 6) is -4.38. The van der Waals surface area contributed by atoms with E-state index in [0.29, 0.717) is 21.2 Å². The zero-order valence-electron chi connectivity index (χ0n) is 16.7. The first-order valence-electron chi connectivity index (χ1n) is 9.22. The lowest BCUT2D eigenvalue weighted by molar-refractivity contribution is -0.167. The molecule has 0 radical (unpaired) electrons. The molecule has 2 aromatic rings. The van der Waals surface area contributed by atoms with Gasteiger partial charge in [0.25, 0.3) is 0 Å². The lowest BCUT2D eigenvalue weighted by Crippen LogP contribution is -2.54. The Morgan fingerprint density at radius 1 is 0.767 bits per heavy atom. The Kier molecular flexibility index (Phi) is 6.81. The van der Waals surface area contributed by atoms with Gasteiger partial charge in [-0.05, 0) is 42.4 Å². The van der Waals surface area contributed by atoms with Crippen molar-refractivity contribution in [3.05, 3.63) is 69.7 Å². The van der Waals surface area contributed by atoms with E-state index < -0.39 is 41.6 Å². The number of ketones is 1. The van der Waals surface area contributed by atoms with Crippen LogP contribution in [0.5, 0.6) is 0 Å². The average Bonchev–Trinajstić information content (AvgIpc) is 2.75. The van der Waals surface area contributed by atoms with Crippen molar-refractivity contribution in [3.8, 4) is 0 Å². The summed E-state index contributed by atoms with van der Waals surface area (Å²) < 4.78 is 9.84. The van der Waals surface area contributed by atoms with E-state index in [4.69, 9.17) is 32.7 Å². The number of carbonyl (C=O) groups is 3. The maximum atomic E-state index is 13.5. The summed E-state index contributed by atoms with van der Waals surface area (Å²) >= 11 is 12.0. The Morgan fingerprint density at radius 2 is 1.10 bits per heavy atom. The molecule has 4 atom stereocenters. The molecule has 30 heavy (non-hydrogen) atoms. The van der Waals surface area contributed by atoms with E-state index in [9.17, 15) is 14.4 Å². The van der Waals surface area contributed by atoms with Crippen LogP contribution in [0.1, 0.15) is 23.2 Å². The Hall–Kier alpha value is -2.41. The summed E-state index contributed by atoms with van der Waals surface area (Å²) in [7, 11) is 4.19. The number of rotatable bonds is 4. The Balaban J connectivity index is 2.18. The molecule has 0 saturated carbocycles. The number of halogens is 2. The number of Topliss-reactive ketones (excluding diaryl/α,β-unsaturated/α-hetero) is 1. The van der Waals surface area contributed by atoms with Crippen molar-refractivity contribution in [3.63, 3.8) is 0 Å². The Morgan fingerprint density at radius 3 is 1.40 bits per heavy atom. The van der Waals surface area contributed by atoms with Gasteiger partial charge >= 0.3 is 11.9 Å². The highest BCUT2D eigenvalue weighted by molar-refractivity contribution is 6.30. The van der Waals surface area contributed by atoms with Gasteiger partial charge in [0.2, 0.25) is 0 Å². The molecular weight excluding hydrogens is 429 g/mol. The normalized spacial score (nSPS) is 24.4. The van der Waals surface area contributed by atoms with E-state index in [1.54, 1.807) is 55.6 Å². The van der Waals surface area contributed by atoms with E-state index in [1.807, 2.05) is 4.90 Å². The minimum absolute atomic E-state index is 0.528. The van der Waals surface area contributed by atoms with E-state index in [2.05, 4.69) is 0 Å². The number of esters is 2. The highest BCUT2D eigenvalue weighted by atomic mass is 35.5. The first-order valence-corrected chi connectivity index (χ1v) is 9.98. The molecule has 0 aliphatic carbocycles. The van der Waals surface area contributed by atoms with Gasteiger partial charge < -0.3 is 9.47 Å². The van der Waals surface area contributed by atoms with Gasteiger partial charge in [0.05, 0.1) is 26.3 Å². The van der Waals surface area contributed by atoms with Crippen molar-refractivity contribution in [2.24, 2.45) is 11.8 Å². The van der Waals surface area contributed by atoms with Gasteiger partial charge in [-0.3, -0.25) is 19.3 Å². The second-order valence-electron chi connectivity index (χ2n) is 7.06. The minimum Gasteiger partial charge on any atom is -0.468 e. The molecule has 0 bridgehead atoms. The van der Waals surface area contributed by atoms with Crippen molar-refractivity contribution in [1.29, 1.82) is 0 Å². The third kappa shape index (κ3) is 4.08. The largest absolute Gasteiger partial charge is 0.468 e. The quantitative estimate of drug-likeness (QED) is 0.520. The number of methoxy groups -OCH3 is 2. The number of hydrogen-bond acceptors (Lipinski definition) is 6. The lowest BCUT2D eigenvalue weighted by atomic mass is 9.73. The molecule has 4 unspecified atom stereocenters. The monoisotopic (exact) mass is 449 g/mol. The molecule has 0 N–H and O–H groups in total. The predicted molar refractivity (Wildman–Crippen MR) is 112 cm³/mol. The van der Waals surface area contributed by atoms with Crippen molar-refractivity contribution < 1.29 is 23.9 Å². The van der Waals surface area contributed by atoms with Crippen LogP contribution in [0.2, 0.25) is 10.0 Å². The second kappa shape index (κ2) is 9.16. The van der Waals surface area contributed by atoms with Crippen LogP contribution in [-0.2, 0) is 23.9 Å². The summed E-state index contributed by atoms with van der Waals surface area (Å²) in [6, 6.07) is 12.4. The average molecular weight is 450 g/mol. The van der Waals surface area contributed by atoms with Gasteiger partial charge in [0.15, 0.2) is 5.78 Å². The summed E-state index contributed by atoms with van der Waals surface area (Å²) in [6.45, 7) is 0. The standard InChI is InChI=1S/C22H21Cl2NO5/c1-25-18(12-4-8-14(23)9-5-12)16(21(27)29-2)20(26)17(22(28)30-3)19(25)13-6-10-15(24)11-7-13/h4-11,16-19H,1-3H3. The van der Waals surface area contributed by atoms with Crippen LogP contribution < -0.4 is 0 Å². The number of likely N-dealkylation sites (tertiary alicyclic amines) is 1. The van der Waals surface area contributed by atoms with E-state index in [-0.39, 0.29) is 0 Å². The second-order valence-corrected chi connectivity index (χ2v) is 7.94. The summed E-state index contributed by atoms with van der Waals surface area (Å²) in [5, 5.41) is 1.06. The van der Waals surface area contributed by atoms with Crippen LogP contribution in [-0.4, -0.2) is 43.9 Å². The molecule has 0 aromatic heterocycles. The van der Waals surface area contributed by atoms with E-state index in [1.165, 1.54) is 14.2 Å². The van der Waals surface area contributed by atoms with Crippen LogP contribution >= 0.6 is 23.2 Å². The van der Waals surface area contributed by atoms with Crippen molar-refractivity contribution in [2.75, 3.05) is 21.3 Å². The van der Waals surface area contributed by atoms with Crippen LogP contribution in [0.4, 0.5) is 0 Å². The molecule has 158 valence electrons. The van der Waals surface area contributed by atoms with Crippen LogP contribution in [0.25, 0.3) is 0 Å². The molecule has 1 aliphatic heterocycles. The van der Waals surface area contributed by atoms with Gasteiger partial charge in [-0.25, -0.2) is 0 Å². The number of ether oxygens (including phenoxy) is 2. The third-order valence-corrected chi connectivity index (χ3v) is 5.96. The first-order chi connectivity index (χ1) is 14.3. The number of benzene rings is 2. The van der Waals surface area contributed by atoms with Gasteiger partial charge in [-0.2, -0.15) is 0 Å². The molecule has 6 nitrogen and oxygen atoms in total. The topological polar surface area (TPSA) is 72.9 Å². The molecule has 1 saturated heterocycles. The van der Waals surface area contributed by atoms with Gasteiger partial charge in [0, 0.05) is 10.0 Å².